The predicted molar refractivity (Wildman–Crippen MR) is 56.7 cm³/mol. The van der Waals surface area contributed by atoms with E-state index in [1.807, 2.05) is 0 Å². The molecule has 13 heavy (non-hydrogen) atoms. The van der Waals surface area contributed by atoms with Crippen molar-refractivity contribution in [2.24, 2.45) is 22.4 Å². The lowest BCUT2D eigenvalue weighted by atomic mass is 9.94. The summed E-state index contributed by atoms with van der Waals surface area (Å²) < 4.78 is 0. The van der Waals surface area contributed by atoms with Crippen LogP contribution in [0.5, 0.6) is 0 Å². The second-order valence-electron chi connectivity index (χ2n) is 4.00. The first-order valence-corrected chi connectivity index (χ1v) is 5.25. The van der Waals surface area contributed by atoms with Gasteiger partial charge in [-0.3, -0.25) is 4.99 Å². The molecule has 3 unspecified atom stereocenters. The van der Waals surface area contributed by atoms with E-state index in [0.717, 1.165) is 6.42 Å². The maximum Gasteiger partial charge on any atom is 0.111 e. The molecule has 0 aromatic carbocycles. The Morgan fingerprint density at radius 3 is 2.54 bits per heavy atom. The smallest absolute Gasteiger partial charge is 0.111 e. The van der Waals surface area contributed by atoms with E-state index in [0.29, 0.717) is 17.8 Å². The molecule has 3 atom stereocenters. The highest BCUT2D eigenvalue weighted by Gasteiger charge is 2.30. The lowest BCUT2D eigenvalue weighted by Crippen LogP contribution is -2.38. The lowest BCUT2D eigenvalue weighted by molar-refractivity contribution is 0.428. The van der Waals surface area contributed by atoms with E-state index in [4.69, 9.17) is 11.5 Å². The van der Waals surface area contributed by atoms with Crippen LogP contribution in [0.15, 0.2) is 4.99 Å². The molecule has 1 aliphatic heterocycles. The van der Waals surface area contributed by atoms with Crippen molar-refractivity contribution < 1.29 is 0 Å². The molecule has 1 aliphatic rings. The molecular formula is C10H21N3. The third-order valence-electron chi connectivity index (χ3n) is 2.93. The molecule has 0 aromatic rings. The van der Waals surface area contributed by atoms with Crippen LogP contribution in [0.2, 0.25) is 0 Å². The van der Waals surface area contributed by atoms with E-state index in [-0.39, 0.29) is 6.04 Å². The zero-order chi connectivity index (χ0) is 9.84. The van der Waals surface area contributed by atoms with E-state index in [2.05, 4.69) is 18.8 Å². The Morgan fingerprint density at radius 1 is 1.38 bits per heavy atom. The standard InChI is InChI=1S/C10H21N3/c1-3-4-5-6-8-7(2)9(11)10(12)13-8/h7-9H,3-6,11H2,1-2H3,(H2,12,13). The van der Waals surface area contributed by atoms with Crippen LogP contribution in [0.25, 0.3) is 0 Å². The number of hydrogen-bond donors (Lipinski definition) is 2. The molecule has 0 spiro atoms. The SMILES string of the molecule is CCCCCC1N=C(N)C(N)C1C. The van der Waals surface area contributed by atoms with Crippen LogP contribution in [0.1, 0.15) is 39.5 Å². The molecule has 1 heterocycles. The largest absolute Gasteiger partial charge is 0.386 e. The molecule has 0 saturated carbocycles. The third kappa shape index (κ3) is 2.44. The Bertz CT molecular complexity index is 189. The molecule has 0 saturated heterocycles. The summed E-state index contributed by atoms with van der Waals surface area (Å²) in [6, 6.07) is 0.369. The summed E-state index contributed by atoms with van der Waals surface area (Å²) in [5.74, 6) is 1.07. The molecule has 0 aliphatic carbocycles. The number of rotatable bonds is 4. The highest BCUT2D eigenvalue weighted by Crippen LogP contribution is 2.23. The first kappa shape index (κ1) is 10.5. The molecule has 1 rings (SSSR count). The summed E-state index contributed by atoms with van der Waals surface area (Å²) in [4.78, 5) is 4.39. The highest BCUT2D eigenvalue weighted by molar-refractivity contribution is 5.87. The van der Waals surface area contributed by atoms with Crippen molar-refractivity contribution in [3.05, 3.63) is 0 Å². The molecule has 3 nitrogen and oxygen atoms in total. The van der Waals surface area contributed by atoms with Crippen LogP contribution in [0, 0.1) is 5.92 Å². The Morgan fingerprint density at radius 2 is 2.08 bits per heavy atom. The normalized spacial score (nSPS) is 33.5. The summed E-state index contributed by atoms with van der Waals surface area (Å²) in [6.07, 6.45) is 4.93. The highest BCUT2D eigenvalue weighted by atomic mass is 15.0. The van der Waals surface area contributed by atoms with Gasteiger partial charge in [0.25, 0.3) is 0 Å². The van der Waals surface area contributed by atoms with Crippen molar-refractivity contribution in [2.75, 3.05) is 0 Å². The van der Waals surface area contributed by atoms with E-state index < -0.39 is 0 Å². The summed E-state index contributed by atoms with van der Waals surface area (Å²) in [7, 11) is 0. The molecule has 0 radical (unpaired) electrons. The van der Waals surface area contributed by atoms with Gasteiger partial charge in [0.2, 0.25) is 0 Å². The molecule has 0 fully saturated rings. The Balaban J connectivity index is 2.35. The van der Waals surface area contributed by atoms with Gasteiger partial charge in [-0.1, -0.05) is 33.1 Å². The van der Waals surface area contributed by atoms with Crippen LogP contribution in [0.3, 0.4) is 0 Å². The fraction of sp³-hybridized carbons (Fsp3) is 0.900. The van der Waals surface area contributed by atoms with Crippen LogP contribution in [0.4, 0.5) is 0 Å². The second kappa shape index (κ2) is 4.61. The molecular weight excluding hydrogens is 162 g/mol. The number of hydrogen-bond acceptors (Lipinski definition) is 3. The molecule has 0 bridgehead atoms. The molecule has 0 aromatic heterocycles. The topological polar surface area (TPSA) is 64.4 Å². The average Bonchev–Trinajstić information content (AvgIpc) is 2.34. The Hall–Kier alpha value is -0.570. The average molecular weight is 183 g/mol. The minimum absolute atomic E-state index is 0.00775. The zero-order valence-electron chi connectivity index (χ0n) is 8.66. The Labute approximate surface area is 80.6 Å². The maximum atomic E-state index is 5.86. The molecule has 4 N–H and O–H groups in total. The van der Waals surface area contributed by atoms with Crippen LogP contribution in [-0.4, -0.2) is 17.9 Å². The van der Waals surface area contributed by atoms with Gasteiger partial charge in [0.05, 0.1) is 12.1 Å². The van der Waals surface area contributed by atoms with E-state index in [9.17, 15) is 0 Å². The van der Waals surface area contributed by atoms with Crippen molar-refractivity contribution >= 4 is 5.84 Å². The van der Waals surface area contributed by atoms with Crippen LogP contribution < -0.4 is 11.5 Å². The fourth-order valence-corrected chi connectivity index (χ4v) is 1.83. The number of amidine groups is 1. The minimum atomic E-state index is -0.00775. The first-order valence-electron chi connectivity index (χ1n) is 5.25. The van der Waals surface area contributed by atoms with Gasteiger partial charge in [-0.25, -0.2) is 0 Å². The van der Waals surface area contributed by atoms with Crippen molar-refractivity contribution in [3.63, 3.8) is 0 Å². The monoisotopic (exact) mass is 183 g/mol. The number of unbranched alkanes of at least 4 members (excludes halogenated alkanes) is 2. The van der Waals surface area contributed by atoms with Gasteiger partial charge in [0, 0.05) is 5.92 Å². The van der Waals surface area contributed by atoms with Gasteiger partial charge in [0.15, 0.2) is 0 Å². The van der Waals surface area contributed by atoms with Gasteiger partial charge >= 0.3 is 0 Å². The number of nitrogens with zero attached hydrogens (tertiary/aromatic N) is 1. The van der Waals surface area contributed by atoms with Crippen LogP contribution in [-0.2, 0) is 0 Å². The molecule has 3 heteroatoms. The van der Waals surface area contributed by atoms with Crippen molar-refractivity contribution in [2.45, 2.75) is 51.6 Å². The number of nitrogens with two attached hydrogens (primary N) is 2. The van der Waals surface area contributed by atoms with Gasteiger partial charge in [-0.2, -0.15) is 0 Å². The fourth-order valence-electron chi connectivity index (χ4n) is 1.83. The minimum Gasteiger partial charge on any atom is -0.386 e. The molecule has 0 amide bonds. The third-order valence-corrected chi connectivity index (χ3v) is 2.93. The summed E-state index contributed by atoms with van der Waals surface area (Å²) in [6.45, 7) is 4.35. The van der Waals surface area contributed by atoms with Crippen molar-refractivity contribution in [1.82, 2.24) is 0 Å². The van der Waals surface area contributed by atoms with Gasteiger partial charge in [-0.05, 0) is 6.42 Å². The predicted octanol–water partition coefficient (Wildman–Crippen LogP) is 1.27. The maximum absolute atomic E-state index is 5.86. The quantitative estimate of drug-likeness (QED) is 0.645. The lowest BCUT2D eigenvalue weighted by Gasteiger charge is -2.15. The van der Waals surface area contributed by atoms with E-state index >= 15 is 0 Å². The van der Waals surface area contributed by atoms with E-state index in [1.165, 1.54) is 19.3 Å². The zero-order valence-corrected chi connectivity index (χ0v) is 8.66. The summed E-state index contributed by atoms with van der Waals surface area (Å²) >= 11 is 0. The Kier molecular flexibility index (Phi) is 3.72. The van der Waals surface area contributed by atoms with Gasteiger partial charge < -0.3 is 11.5 Å². The first-order chi connectivity index (χ1) is 6.16. The molecule has 76 valence electrons. The van der Waals surface area contributed by atoms with Gasteiger partial charge in [-0.15, -0.1) is 0 Å². The summed E-state index contributed by atoms with van der Waals surface area (Å²) in [5, 5.41) is 0. The van der Waals surface area contributed by atoms with E-state index in [1.54, 1.807) is 0 Å². The van der Waals surface area contributed by atoms with Crippen LogP contribution >= 0.6 is 0 Å². The summed E-state index contributed by atoms with van der Waals surface area (Å²) in [5.41, 5.74) is 11.5. The second-order valence-corrected chi connectivity index (χ2v) is 4.00. The van der Waals surface area contributed by atoms with Crippen molar-refractivity contribution in [3.8, 4) is 0 Å². The number of aliphatic imine (C=N–C) groups is 1. The van der Waals surface area contributed by atoms with Gasteiger partial charge in [0.1, 0.15) is 5.84 Å². The van der Waals surface area contributed by atoms with Crippen molar-refractivity contribution in [1.29, 1.82) is 0 Å².